The Kier molecular flexibility index (Phi) is 3.72. The van der Waals surface area contributed by atoms with Gasteiger partial charge < -0.3 is 10.1 Å². The van der Waals surface area contributed by atoms with Crippen molar-refractivity contribution < 1.29 is 4.74 Å². The van der Waals surface area contributed by atoms with Crippen LogP contribution in [-0.4, -0.2) is 29.5 Å². The van der Waals surface area contributed by atoms with E-state index in [9.17, 15) is 0 Å². The molecule has 88 valence electrons. The van der Waals surface area contributed by atoms with Gasteiger partial charge in [0, 0.05) is 19.1 Å². The van der Waals surface area contributed by atoms with Gasteiger partial charge in [0.05, 0.1) is 11.8 Å². The van der Waals surface area contributed by atoms with Crippen LogP contribution in [-0.2, 0) is 4.74 Å². The van der Waals surface area contributed by atoms with Crippen molar-refractivity contribution in [2.75, 3.05) is 18.5 Å². The molecular formula is C12H19N3O. The fourth-order valence-corrected chi connectivity index (χ4v) is 2.11. The molecule has 0 aromatic carbocycles. The number of anilines is 1. The lowest BCUT2D eigenvalue weighted by molar-refractivity contribution is 0.0900. The van der Waals surface area contributed by atoms with Crippen LogP contribution in [0.3, 0.4) is 0 Å². The molecule has 2 atom stereocenters. The Labute approximate surface area is 96.4 Å². The number of hydrogen-bond acceptors (Lipinski definition) is 4. The molecule has 1 aromatic heterocycles. The van der Waals surface area contributed by atoms with Crippen LogP contribution in [0.25, 0.3) is 0 Å². The molecule has 4 heteroatoms. The SMILES string of the molecule is CCC1OCCC1CNc1ccc(C)nn1. The number of rotatable bonds is 4. The summed E-state index contributed by atoms with van der Waals surface area (Å²) in [4.78, 5) is 0. The monoisotopic (exact) mass is 221 g/mol. The largest absolute Gasteiger partial charge is 0.378 e. The van der Waals surface area contributed by atoms with Crippen molar-refractivity contribution in [3.05, 3.63) is 17.8 Å². The zero-order chi connectivity index (χ0) is 11.4. The van der Waals surface area contributed by atoms with Gasteiger partial charge in [0.2, 0.25) is 0 Å². The third-order valence-electron chi connectivity index (χ3n) is 3.09. The van der Waals surface area contributed by atoms with E-state index < -0.39 is 0 Å². The predicted octanol–water partition coefficient (Wildman–Crippen LogP) is 2.01. The molecule has 0 aliphatic carbocycles. The van der Waals surface area contributed by atoms with E-state index in [1.165, 1.54) is 0 Å². The smallest absolute Gasteiger partial charge is 0.148 e. The van der Waals surface area contributed by atoms with E-state index in [4.69, 9.17) is 4.74 Å². The summed E-state index contributed by atoms with van der Waals surface area (Å²) >= 11 is 0. The molecular weight excluding hydrogens is 202 g/mol. The van der Waals surface area contributed by atoms with Gasteiger partial charge in [-0.2, -0.15) is 5.10 Å². The van der Waals surface area contributed by atoms with Crippen LogP contribution < -0.4 is 5.32 Å². The molecule has 0 amide bonds. The van der Waals surface area contributed by atoms with E-state index in [-0.39, 0.29) is 0 Å². The summed E-state index contributed by atoms with van der Waals surface area (Å²) in [6.45, 7) is 5.93. The van der Waals surface area contributed by atoms with E-state index in [2.05, 4.69) is 22.4 Å². The molecule has 2 rings (SSSR count). The zero-order valence-corrected chi connectivity index (χ0v) is 9.94. The fourth-order valence-electron chi connectivity index (χ4n) is 2.11. The Morgan fingerprint density at radius 1 is 1.44 bits per heavy atom. The quantitative estimate of drug-likeness (QED) is 0.845. The summed E-state index contributed by atoms with van der Waals surface area (Å²) in [5, 5.41) is 11.4. The van der Waals surface area contributed by atoms with E-state index in [0.29, 0.717) is 12.0 Å². The number of aromatic nitrogens is 2. The minimum Gasteiger partial charge on any atom is -0.378 e. The highest BCUT2D eigenvalue weighted by molar-refractivity contribution is 5.32. The average molecular weight is 221 g/mol. The maximum absolute atomic E-state index is 5.65. The standard InChI is InChI=1S/C12H19N3O/c1-3-11-10(6-7-16-11)8-13-12-5-4-9(2)14-15-12/h4-5,10-11H,3,6-8H2,1-2H3,(H,13,15). The van der Waals surface area contributed by atoms with Crippen molar-refractivity contribution in [2.45, 2.75) is 32.8 Å². The first-order chi connectivity index (χ1) is 7.79. The van der Waals surface area contributed by atoms with Crippen molar-refractivity contribution in [2.24, 2.45) is 5.92 Å². The van der Waals surface area contributed by atoms with Gasteiger partial charge in [0.1, 0.15) is 5.82 Å². The Morgan fingerprint density at radius 3 is 3.00 bits per heavy atom. The number of ether oxygens (including phenoxy) is 1. The number of nitrogens with one attached hydrogen (secondary N) is 1. The summed E-state index contributed by atoms with van der Waals surface area (Å²) < 4.78 is 5.65. The summed E-state index contributed by atoms with van der Waals surface area (Å²) in [5.74, 6) is 1.46. The van der Waals surface area contributed by atoms with E-state index >= 15 is 0 Å². The molecule has 16 heavy (non-hydrogen) atoms. The fraction of sp³-hybridized carbons (Fsp3) is 0.667. The minimum absolute atomic E-state index is 0.408. The van der Waals surface area contributed by atoms with Crippen molar-refractivity contribution in [1.82, 2.24) is 10.2 Å². The average Bonchev–Trinajstić information content (AvgIpc) is 2.76. The molecule has 2 heterocycles. The molecule has 1 fully saturated rings. The molecule has 1 N–H and O–H groups in total. The van der Waals surface area contributed by atoms with Crippen LogP contribution in [0.5, 0.6) is 0 Å². The first kappa shape index (κ1) is 11.3. The highest BCUT2D eigenvalue weighted by Gasteiger charge is 2.26. The normalized spacial score (nSPS) is 24.6. The van der Waals surface area contributed by atoms with Crippen molar-refractivity contribution in [3.63, 3.8) is 0 Å². The van der Waals surface area contributed by atoms with Gasteiger partial charge in [-0.05, 0) is 31.9 Å². The summed E-state index contributed by atoms with van der Waals surface area (Å²) in [6.07, 6.45) is 2.64. The van der Waals surface area contributed by atoms with Crippen LogP contribution >= 0.6 is 0 Å². The Balaban J connectivity index is 1.85. The zero-order valence-electron chi connectivity index (χ0n) is 9.94. The van der Waals surface area contributed by atoms with Crippen LogP contribution in [0.4, 0.5) is 5.82 Å². The maximum Gasteiger partial charge on any atom is 0.148 e. The van der Waals surface area contributed by atoms with Crippen molar-refractivity contribution in [3.8, 4) is 0 Å². The summed E-state index contributed by atoms with van der Waals surface area (Å²) in [7, 11) is 0. The van der Waals surface area contributed by atoms with E-state index in [0.717, 1.165) is 37.5 Å². The topological polar surface area (TPSA) is 47.0 Å². The molecule has 0 spiro atoms. The highest BCUT2D eigenvalue weighted by atomic mass is 16.5. The molecule has 2 unspecified atom stereocenters. The molecule has 0 radical (unpaired) electrons. The van der Waals surface area contributed by atoms with Crippen LogP contribution in [0, 0.1) is 12.8 Å². The molecule has 1 aliphatic heterocycles. The van der Waals surface area contributed by atoms with Gasteiger partial charge in [-0.25, -0.2) is 0 Å². The second-order valence-corrected chi connectivity index (χ2v) is 4.31. The highest BCUT2D eigenvalue weighted by Crippen LogP contribution is 2.23. The van der Waals surface area contributed by atoms with E-state index in [1.54, 1.807) is 0 Å². The van der Waals surface area contributed by atoms with Gasteiger partial charge in [-0.15, -0.1) is 5.10 Å². The maximum atomic E-state index is 5.65. The second-order valence-electron chi connectivity index (χ2n) is 4.31. The van der Waals surface area contributed by atoms with Crippen LogP contribution in [0.15, 0.2) is 12.1 Å². The van der Waals surface area contributed by atoms with Gasteiger partial charge in [0.15, 0.2) is 0 Å². The molecule has 1 aliphatic rings. The van der Waals surface area contributed by atoms with Crippen LogP contribution in [0.2, 0.25) is 0 Å². The summed E-state index contributed by atoms with van der Waals surface area (Å²) in [6, 6.07) is 3.94. The first-order valence-corrected chi connectivity index (χ1v) is 5.95. The molecule has 0 saturated carbocycles. The third-order valence-corrected chi connectivity index (χ3v) is 3.09. The lowest BCUT2D eigenvalue weighted by Crippen LogP contribution is -2.23. The lowest BCUT2D eigenvalue weighted by atomic mass is 10.00. The second kappa shape index (κ2) is 5.25. The number of hydrogen-bond donors (Lipinski definition) is 1. The molecule has 1 saturated heterocycles. The Bertz CT molecular complexity index is 326. The predicted molar refractivity (Wildman–Crippen MR) is 63.4 cm³/mol. The third kappa shape index (κ3) is 2.70. The van der Waals surface area contributed by atoms with Crippen LogP contribution in [0.1, 0.15) is 25.5 Å². The Hall–Kier alpha value is -1.16. The van der Waals surface area contributed by atoms with Gasteiger partial charge in [-0.1, -0.05) is 6.92 Å². The Morgan fingerprint density at radius 2 is 2.31 bits per heavy atom. The number of nitrogens with zero attached hydrogens (tertiary/aromatic N) is 2. The first-order valence-electron chi connectivity index (χ1n) is 5.95. The molecule has 1 aromatic rings. The minimum atomic E-state index is 0.408. The van der Waals surface area contributed by atoms with Gasteiger partial charge in [0.25, 0.3) is 0 Å². The molecule has 4 nitrogen and oxygen atoms in total. The molecule has 0 bridgehead atoms. The van der Waals surface area contributed by atoms with Crippen molar-refractivity contribution >= 4 is 5.82 Å². The lowest BCUT2D eigenvalue weighted by Gasteiger charge is -2.17. The van der Waals surface area contributed by atoms with Gasteiger partial charge >= 0.3 is 0 Å². The summed E-state index contributed by atoms with van der Waals surface area (Å²) in [5.41, 5.74) is 0.946. The number of aryl methyl sites for hydroxylation is 1. The van der Waals surface area contributed by atoms with Crippen molar-refractivity contribution in [1.29, 1.82) is 0 Å². The van der Waals surface area contributed by atoms with Gasteiger partial charge in [-0.3, -0.25) is 0 Å². The van der Waals surface area contributed by atoms with E-state index in [1.807, 2.05) is 19.1 Å².